The number of benzene rings is 3. The van der Waals surface area contributed by atoms with Gasteiger partial charge in [0.1, 0.15) is 0 Å². The van der Waals surface area contributed by atoms with Gasteiger partial charge in [-0.1, -0.05) is 63.2 Å². The SMILES string of the molecule is C[C@@H]1Cc2ccccc2N1S(=O)(=O)c1cccc(C(=O)Nc2ccccc2C(C)(C)C)c1. The van der Waals surface area contributed by atoms with Crippen LogP contribution in [0, 0.1) is 0 Å². The fourth-order valence-corrected chi connectivity index (χ4v) is 5.99. The Hall–Kier alpha value is -3.12. The van der Waals surface area contributed by atoms with Gasteiger partial charge in [0.15, 0.2) is 0 Å². The van der Waals surface area contributed by atoms with E-state index in [2.05, 4.69) is 26.1 Å². The molecule has 0 radical (unpaired) electrons. The van der Waals surface area contributed by atoms with Crippen LogP contribution in [0.2, 0.25) is 0 Å². The number of nitrogens with one attached hydrogen (secondary N) is 1. The summed E-state index contributed by atoms with van der Waals surface area (Å²) in [5.74, 6) is -0.339. The maximum atomic E-state index is 13.5. The second-order valence-electron chi connectivity index (χ2n) is 9.26. The zero-order chi connectivity index (χ0) is 23.1. The molecule has 166 valence electrons. The second kappa shape index (κ2) is 8.10. The minimum absolute atomic E-state index is 0.109. The average molecular weight is 449 g/mol. The van der Waals surface area contributed by atoms with Crippen LogP contribution in [0.15, 0.2) is 77.7 Å². The van der Waals surface area contributed by atoms with Crippen LogP contribution >= 0.6 is 0 Å². The molecule has 1 heterocycles. The first-order valence-electron chi connectivity index (χ1n) is 10.7. The Kier molecular flexibility index (Phi) is 5.59. The Morgan fingerprint density at radius 2 is 1.66 bits per heavy atom. The number of amides is 1. The van der Waals surface area contributed by atoms with Gasteiger partial charge in [-0.2, -0.15) is 0 Å². The molecule has 6 heteroatoms. The highest BCUT2D eigenvalue weighted by Gasteiger charge is 2.36. The first-order valence-corrected chi connectivity index (χ1v) is 12.2. The largest absolute Gasteiger partial charge is 0.322 e. The van der Waals surface area contributed by atoms with Gasteiger partial charge in [-0.15, -0.1) is 0 Å². The molecule has 0 saturated carbocycles. The summed E-state index contributed by atoms with van der Waals surface area (Å²) in [4.78, 5) is 13.1. The number of nitrogens with zero attached hydrogens (tertiary/aromatic N) is 1. The highest BCUT2D eigenvalue weighted by Crippen LogP contribution is 2.36. The van der Waals surface area contributed by atoms with Gasteiger partial charge in [-0.05, 0) is 60.2 Å². The van der Waals surface area contributed by atoms with Gasteiger partial charge in [0.05, 0.1) is 10.6 Å². The molecule has 4 rings (SSSR count). The number of para-hydroxylation sites is 2. The molecule has 0 unspecified atom stereocenters. The van der Waals surface area contributed by atoms with E-state index in [-0.39, 0.29) is 22.3 Å². The van der Waals surface area contributed by atoms with Gasteiger partial charge in [0.2, 0.25) is 0 Å². The summed E-state index contributed by atoms with van der Waals surface area (Å²) in [6, 6.07) is 21.3. The Morgan fingerprint density at radius 3 is 2.41 bits per heavy atom. The molecule has 0 spiro atoms. The van der Waals surface area contributed by atoms with Crippen LogP contribution in [0.3, 0.4) is 0 Å². The fraction of sp³-hybridized carbons (Fsp3) is 0.269. The first-order chi connectivity index (χ1) is 15.1. The third kappa shape index (κ3) is 4.02. The van der Waals surface area contributed by atoms with Crippen molar-refractivity contribution < 1.29 is 13.2 Å². The average Bonchev–Trinajstić information content (AvgIpc) is 3.10. The minimum atomic E-state index is -3.81. The van der Waals surface area contributed by atoms with E-state index in [1.54, 1.807) is 18.2 Å². The molecule has 0 saturated heterocycles. The van der Waals surface area contributed by atoms with E-state index < -0.39 is 10.0 Å². The van der Waals surface area contributed by atoms with Crippen LogP contribution in [0.25, 0.3) is 0 Å². The first kappa shape index (κ1) is 22.1. The van der Waals surface area contributed by atoms with Crippen molar-refractivity contribution in [2.24, 2.45) is 0 Å². The van der Waals surface area contributed by atoms with Crippen molar-refractivity contribution in [1.29, 1.82) is 0 Å². The van der Waals surface area contributed by atoms with E-state index in [1.165, 1.54) is 10.4 Å². The third-order valence-corrected chi connectivity index (χ3v) is 7.71. The minimum Gasteiger partial charge on any atom is -0.322 e. The monoisotopic (exact) mass is 448 g/mol. The summed E-state index contributed by atoms with van der Waals surface area (Å²) >= 11 is 0. The highest BCUT2D eigenvalue weighted by atomic mass is 32.2. The van der Waals surface area contributed by atoms with Crippen molar-refractivity contribution in [2.45, 2.75) is 50.5 Å². The molecule has 1 atom stereocenters. The van der Waals surface area contributed by atoms with Gasteiger partial charge in [0.25, 0.3) is 15.9 Å². The number of sulfonamides is 1. The van der Waals surface area contributed by atoms with E-state index in [1.807, 2.05) is 55.5 Å². The number of carbonyl (C=O) groups is 1. The molecule has 1 aliphatic rings. The van der Waals surface area contributed by atoms with E-state index in [0.717, 1.165) is 16.8 Å². The third-order valence-electron chi connectivity index (χ3n) is 5.78. The summed E-state index contributed by atoms with van der Waals surface area (Å²) in [5, 5.41) is 2.96. The number of hydrogen-bond donors (Lipinski definition) is 1. The Labute approximate surface area is 190 Å². The van der Waals surface area contributed by atoms with Crippen LogP contribution in [-0.2, 0) is 21.9 Å². The van der Waals surface area contributed by atoms with E-state index in [4.69, 9.17) is 0 Å². The van der Waals surface area contributed by atoms with Crippen LogP contribution in [0.4, 0.5) is 11.4 Å². The van der Waals surface area contributed by atoms with E-state index >= 15 is 0 Å². The van der Waals surface area contributed by atoms with Crippen molar-refractivity contribution in [3.8, 4) is 0 Å². The normalized spacial score (nSPS) is 16.0. The lowest BCUT2D eigenvalue weighted by molar-refractivity contribution is 0.102. The van der Waals surface area contributed by atoms with Gasteiger partial charge in [0, 0.05) is 17.3 Å². The van der Waals surface area contributed by atoms with Crippen molar-refractivity contribution in [1.82, 2.24) is 0 Å². The molecule has 3 aromatic carbocycles. The van der Waals surface area contributed by atoms with Crippen LogP contribution in [0.1, 0.15) is 49.2 Å². The summed E-state index contributed by atoms with van der Waals surface area (Å²) in [7, 11) is -3.81. The van der Waals surface area contributed by atoms with Crippen molar-refractivity contribution in [3.63, 3.8) is 0 Å². The Bertz CT molecular complexity index is 1280. The van der Waals surface area contributed by atoms with Crippen molar-refractivity contribution >= 4 is 27.3 Å². The maximum Gasteiger partial charge on any atom is 0.264 e. The molecular weight excluding hydrogens is 420 g/mol. The quantitative estimate of drug-likeness (QED) is 0.583. The molecule has 0 aliphatic carbocycles. The van der Waals surface area contributed by atoms with Crippen LogP contribution in [0.5, 0.6) is 0 Å². The number of anilines is 2. The lowest BCUT2D eigenvalue weighted by Gasteiger charge is -2.25. The molecular formula is C26H28N2O3S. The molecule has 1 N–H and O–H groups in total. The maximum absolute atomic E-state index is 13.5. The van der Waals surface area contributed by atoms with Gasteiger partial charge in [-0.3, -0.25) is 9.10 Å². The predicted molar refractivity (Wildman–Crippen MR) is 129 cm³/mol. The lowest BCUT2D eigenvalue weighted by atomic mass is 9.86. The van der Waals surface area contributed by atoms with Crippen molar-refractivity contribution in [3.05, 3.63) is 89.5 Å². The molecule has 0 aromatic heterocycles. The zero-order valence-electron chi connectivity index (χ0n) is 18.8. The summed E-state index contributed by atoms with van der Waals surface area (Å²) in [5.41, 5.74) is 3.61. The van der Waals surface area contributed by atoms with Gasteiger partial charge >= 0.3 is 0 Å². The van der Waals surface area contributed by atoms with E-state index in [0.29, 0.717) is 17.7 Å². The fourth-order valence-electron chi connectivity index (χ4n) is 4.26. The predicted octanol–water partition coefficient (Wildman–Crippen LogP) is 5.38. The molecule has 0 fully saturated rings. The molecule has 32 heavy (non-hydrogen) atoms. The van der Waals surface area contributed by atoms with Crippen LogP contribution < -0.4 is 9.62 Å². The number of fused-ring (bicyclic) bond motifs is 1. The second-order valence-corrected chi connectivity index (χ2v) is 11.1. The Balaban J connectivity index is 1.66. The smallest absolute Gasteiger partial charge is 0.264 e. The molecule has 1 amide bonds. The molecule has 1 aliphatic heterocycles. The topological polar surface area (TPSA) is 66.5 Å². The summed E-state index contributed by atoms with van der Waals surface area (Å²) < 4.78 is 28.5. The summed E-state index contributed by atoms with van der Waals surface area (Å²) in [6.45, 7) is 8.15. The number of hydrogen-bond acceptors (Lipinski definition) is 3. The zero-order valence-corrected chi connectivity index (χ0v) is 19.6. The highest BCUT2D eigenvalue weighted by molar-refractivity contribution is 7.92. The number of carbonyl (C=O) groups excluding carboxylic acids is 1. The van der Waals surface area contributed by atoms with Gasteiger partial charge < -0.3 is 5.32 Å². The lowest BCUT2D eigenvalue weighted by Crippen LogP contribution is -2.35. The summed E-state index contributed by atoms with van der Waals surface area (Å²) in [6.07, 6.45) is 0.666. The molecule has 3 aromatic rings. The van der Waals surface area contributed by atoms with Crippen molar-refractivity contribution in [2.75, 3.05) is 9.62 Å². The number of rotatable bonds is 4. The standard InChI is InChI=1S/C26H28N2O3S/c1-18-16-19-10-5-8-15-24(19)28(18)32(30,31)21-12-9-11-20(17-21)25(29)27-23-14-7-6-13-22(23)26(2,3)4/h5-15,17-18H,16H2,1-4H3,(H,27,29)/t18-/m1/s1. The van der Waals surface area contributed by atoms with Gasteiger partial charge in [-0.25, -0.2) is 8.42 Å². The van der Waals surface area contributed by atoms with E-state index in [9.17, 15) is 13.2 Å². The molecule has 5 nitrogen and oxygen atoms in total. The van der Waals surface area contributed by atoms with Crippen LogP contribution in [-0.4, -0.2) is 20.4 Å². The molecule has 0 bridgehead atoms. The Morgan fingerprint density at radius 1 is 0.969 bits per heavy atom.